The van der Waals surface area contributed by atoms with Crippen LogP contribution >= 0.6 is 26.0 Å². The van der Waals surface area contributed by atoms with Crippen LogP contribution in [-0.2, 0) is 37.9 Å². The minimum atomic E-state index is 0. The number of hydrogen-bond donors (Lipinski definition) is 0. The summed E-state index contributed by atoms with van der Waals surface area (Å²) in [6.07, 6.45) is 0. The zero-order valence-corrected chi connectivity index (χ0v) is 7.50. The summed E-state index contributed by atoms with van der Waals surface area (Å²) in [5.41, 5.74) is 0. The molecule has 0 aromatic heterocycles. The first kappa shape index (κ1) is 9.67. The standard InChI is InChI=1S/2Ag.2BrH/h;;2*1H/q+1;+2;;/p-2. The second-order valence-corrected chi connectivity index (χ2v) is 6.88. The van der Waals surface area contributed by atoms with E-state index in [9.17, 15) is 0 Å². The molecular weight excluding hydrogens is 376 g/mol. The van der Waals surface area contributed by atoms with Gasteiger partial charge in [0, 0.05) is 0 Å². The van der Waals surface area contributed by atoms with Gasteiger partial charge in [-0.1, -0.05) is 0 Å². The molecule has 4 heavy (non-hydrogen) atoms. The third kappa shape index (κ3) is 8.83. The second kappa shape index (κ2) is 9.06. The van der Waals surface area contributed by atoms with E-state index in [1.54, 1.807) is 0 Å². The number of hydrogen-bond acceptors (Lipinski definition) is 0. The van der Waals surface area contributed by atoms with E-state index >= 15 is 0 Å². The fourth-order valence-corrected chi connectivity index (χ4v) is 0. The van der Waals surface area contributed by atoms with Gasteiger partial charge in [-0.3, -0.25) is 0 Å². The average Bonchev–Trinajstić information content (AvgIpc) is 0.918. The van der Waals surface area contributed by atoms with E-state index in [1.165, 1.54) is 0 Å². The molecule has 0 saturated carbocycles. The predicted octanol–water partition coefficient (Wildman–Crippen LogP) is 1.69. The molecule has 0 aliphatic carbocycles. The third-order valence-electron chi connectivity index (χ3n) is 0. The first-order valence-corrected chi connectivity index (χ1v) is 7.01. The molecule has 0 nitrogen and oxygen atoms in total. The van der Waals surface area contributed by atoms with E-state index in [1.807, 2.05) is 0 Å². The molecule has 0 spiro atoms. The van der Waals surface area contributed by atoms with Crippen molar-refractivity contribution in [1.29, 1.82) is 0 Å². The van der Waals surface area contributed by atoms with Gasteiger partial charge in [0.15, 0.2) is 0 Å². The third-order valence-corrected chi connectivity index (χ3v) is 0. The fourth-order valence-electron chi connectivity index (χ4n) is 0. The monoisotopic (exact) mass is 372 g/mol. The van der Waals surface area contributed by atoms with E-state index in [4.69, 9.17) is 0 Å². The van der Waals surface area contributed by atoms with Crippen LogP contribution in [0.2, 0.25) is 0 Å². The van der Waals surface area contributed by atoms with Crippen molar-refractivity contribution in [2.45, 2.75) is 0 Å². The van der Waals surface area contributed by atoms with Crippen molar-refractivity contribution in [2.24, 2.45) is 0 Å². The summed E-state index contributed by atoms with van der Waals surface area (Å²) in [4.78, 5) is 0. The van der Waals surface area contributed by atoms with Gasteiger partial charge in [0.25, 0.3) is 0 Å². The Hall–Kier alpha value is 2.44. The molecule has 0 amide bonds. The van der Waals surface area contributed by atoms with Gasteiger partial charge in [-0.05, 0) is 0 Å². The van der Waals surface area contributed by atoms with Crippen LogP contribution in [0, 0.1) is 0 Å². The van der Waals surface area contributed by atoms with Crippen molar-refractivity contribution in [3.05, 3.63) is 0 Å². The summed E-state index contributed by atoms with van der Waals surface area (Å²) >= 11 is 6.88. The quantitative estimate of drug-likeness (QED) is 0.565. The Morgan fingerprint density at radius 3 is 1.25 bits per heavy atom. The van der Waals surface area contributed by atoms with E-state index in [-0.39, 0.29) is 22.4 Å². The first-order chi connectivity index (χ1) is 1.41. The summed E-state index contributed by atoms with van der Waals surface area (Å²) in [5.74, 6) is 0. The van der Waals surface area contributed by atoms with Crippen LogP contribution in [0.15, 0.2) is 0 Å². The molecule has 0 aliphatic heterocycles. The minimum absolute atomic E-state index is 0. The molecule has 0 fully saturated rings. The zero-order chi connectivity index (χ0) is 2.71. The van der Waals surface area contributed by atoms with Crippen LogP contribution in [0.3, 0.4) is 0 Å². The van der Waals surface area contributed by atoms with Gasteiger partial charge < -0.3 is 0 Å². The SMILES string of the molecule is [Ag+].[Br][Ag][Br]. The zero-order valence-electron chi connectivity index (χ0n) is 1.36. The average molecular weight is 376 g/mol. The Bertz CT molecular complexity index is 4.00. The molecule has 0 aromatic carbocycles. The topological polar surface area (TPSA) is 0 Å². The van der Waals surface area contributed by atoms with Crippen LogP contribution in [0.5, 0.6) is 0 Å². The van der Waals surface area contributed by atoms with E-state index < -0.39 is 0 Å². The molecule has 0 aliphatic rings. The van der Waals surface area contributed by atoms with Gasteiger partial charge in [0.1, 0.15) is 0 Å². The fraction of sp³-hybridized carbons (Fsp3) is 0. The first-order valence-electron chi connectivity index (χ1n) is 0.228. The van der Waals surface area contributed by atoms with Crippen molar-refractivity contribution in [3.63, 3.8) is 0 Å². The molecule has 0 aromatic rings. The maximum atomic E-state index is 3.09. The number of rotatable bonds is 0. The van der Waals surface area contributed by atoms with E-state index in [0.29, 0.717) is 15.5 Å². The van der Waals surface area contributed by atoms with E-state index in [0.717, 1.165) is 0 Å². The van der Waals surface area contributed by atoms with Crippen molar-refractivity contribution in [1.82, 2.24) is 0 Å². The molecule has 0 N–H and O–H groups in total. The normalized spacial score (nSPS) is 5.50. The Labute approximate surface area is 62.9 Å². The Balaban J connectivity index is 0. The molecule has 0 unspecified atom stereocenters. The summed E-state index contributed by atoms with van der Waals surface area (Å²) in [7, 11) is 0. The van der Waals surface area contributed by atoms with Crippen LogP contribution in [-0.4, -0.2) is 0 Å². The molecule has 0 bridgehead atoms. The van der Waals surface area contributed by atoms with Crippen LogP contribution in [0.4, 0.5) is 0 Å². The second-order valence-electron chi connectivity index (χ2n) is 0.0431. The molecule has 4 heteroatoms. The molecule has 35 valence electrons. The number of halogens is 2. The van der Waals surface area contributed by atoms with Crippen molar-refractivity contribution in [2.75, 3.05) is 0 Å². The van der Waals surface area contributed by atoms with E-state index in [2.05, 4.69) is 26.0 Å². The van der Waals surface area contributed by atoms with Crippen molar-refractivity contribution in [3.8, 4) is 0 Å². The summed E-state index contributed by atoms with van der Waals surface area (Å²) < 4.78 is 0. The Kier molecular flexibility index (Phi) is 21.9. The molecule has 0 atom stereocenters. The van der Waals surface area contributed by atoms with Gasteiger partial charge in [-0.2, -0.15) is 0 Å². The summed E-state index contributed by atoms with van der Waals surface area (Å²) in [6, 6.07) is 0. The Morgan fingerprint density at radius 1 is 1.25 bits per heavy atom. The summed E-state index contributed by atoms with van der Waals surface area (Å²) in [5, 5.41) is 0. The van der Waals surface area contributed by atoms with Gasteiger partial charge in [-0.25, -0.2) is 0 Å². The molecule has 0 saturated heterocycles. The van der Waals surface area contributed by atoms with Crippen molar-refractivity contribution < 1.29 is 37.9 Å². The van der Waals surface area contributed by atoms with Gasteiger partial charge in [0.2, 0.25) is 0 Å². The van der Waals surface area contributed by atoms with Crippen LogP contribution in [0.1, 0.15) is 0 Å². The van der Waals surface area contributed by atoms with Gasteiger partial charge >= 0.3 is 63.9 Å². The van der Waals surface area contributed by atoms with Gasteiger partial charge in [-0.15, -0.1) is 0 Å². The molecule has 0 radical (unpaired) electrons. The summed E-state index contributed by atoms with van der Waals surface area (Å²) in [6.45, 7) is 0. The van der Waals surface area contributed by atoms with Gasteiger partial charge in [0.05, 0.1) is 0 Å². The van der Waals surface area contributed by atoms with Crippen LogP contribution in [0.25, 0.3) is 0 Å². The Morgan fingerprint density at radius 2 is 1.25 bits per heavy atom. The molecule has 0 heterocycles. The maximum absolute atomic E-state index is 3.09. The molecular formula is Ag2Br2+. The van der Waals surface area contributed by atoms with Crippen molar-refractivity contribution >= 4 is 26.0 Å². The van der Waals surface area contributed by atoms with Crippen LogP contribution < -0.4 is 0 Å². The predicted molar refractivity (Wildman–Crippen MR) is 17.9 cm³/mol. The molecule has 0 rings (SSSR count).